The van der Waals surface area contributed by atoms with Crippen LogP contribution in [0.15, 0.2) is 60.8 Å². The molecule has 4 rings (SSSR count). The van der Waals surface area contributed by atoms with E-state index in [2.05, 4.69) is 4.98 Å². The molecule has 1 aromatic heterocycles. The SMILES string of the molecule is NC(=O)c1cc(OC2CN(C(=O)Cc3cccc4ccccc34)C2)ccn1. The van der Waals surface area contributed by atoms with Crippen LogP contribution in [-0.2, 0) is 11.2 Å². The van der Waals surface area contributed by atoms with Crippen LogP contribution in [0.2, 0.25) is 0 Å². The number of carbonyl (C=O) groups is 2. The number of rotatable bonds is 5. The van der Waals surface area contributed by atoms with Crippen molar-refractivity contribution in [2.45, 2.75) is 12.5 Å². The lowest BCUT2D eigenvalue weighted by molar-refractivity contribution is -0.139. The molecule has 3 aromatic rings. The van der Waals surface area contributed by atoms with E-state index in [4.69, 9.17) is 10.5 Å². The highest BCUT2D eigenvalue weighted by atomic mass is 16.5. The smallest absolute Gasteiger partial charge is 0.267 e. The Morgan fingerprint density at radius 1 is 1.11 bits per heavy atom. The number of nitrogens with zero attached hydrogens (tertiary/aromatic N) is 2. The monoisotopic (exact) mass is 361 g/mol. The molecular weight excluding hydrogens is 342 g/mol. The van der Waals surface area contributed by atoms with E-state index in [1.54, 1.807) is 11.0 Å². The summed E-state index contributed by atoms with van der Waals surface area (Å²) in [6, 6.07) is 17.3. The van der Waals surface area contributed by atoms with Gasteiger partial charge in [0, 0.05) is 12.3 Å². The molecule has 1 aliphatic rings. The summed E-state index contributed by atoms with van der Waals surface area (Å²) in [6.07, 6.45) is 1.76. The third-order valence-electron chi connectivity index (χ3n) is 4.71. The molecular formula is C21H19N3O3. The van der Waals surface area contributed by atoms with Gasteiger partial charge in [0.15, 0.2) is 0 Å². The average Bonchev–Trinajstić information content (AvgIpc) is 2.65. The summed E-state index contributed by atoms with van der Waals surface area (Å²) >= 11 is 0. The predicted octanol–water partition coefficient (Wildman–Crippen LogP) is 2.17. The zero-order valence-electron chi connectivity index (χ0n) is 14.7. The van der Waals surface area contributed by atoms with Crippen molar-refractivity contribution in [3.63, 3.8) is 0 Å². The molecule has 0 atom stereocenters. The first-order chi connectivity index (χ1) is 13.1. The minimum Gasteiger partial charge on any atom is -0.487 e. The second-order valence-corrected chi connectivity index (χ2v) is 6.59. The summed E-state index contributed by atoms with van der Waals surface area (Å²) in [4.78, 5) is 29.4. The number of aromatic nitrogens is 1. The van der Waals surface area contributed by atoms with Crippen molar-refractivity contribution < 1.29 is 14.3 Å². The maximum absolute atomic E-state index is 12.6. The zero-order valence-corrected chi connectivity index (χ0v) is 14.7. The maximum atomic E-state index is 12.6. The number of likely N-dealkylation sites (tertiary alicyclic amines) is 1. The third-order valence-corrected chi connectivity index (χ3v) is 4.71. The van der Waals surface area contributed by atoms with Gasteiger partial charge >= 0.3 is 0 Å². The Bertz CT molecular complexity index is 1010. The molecule has 136 valence electrons. The van der Waals surface area contributed by atoms with Gasteiger partial charge in [0.2, 0.25) is 5.91 Å². The molecule has 2 N–H and O–H groups in total. The lowest BCUT2D eigenvalue weighted by Crippen LogP contribution is -2.56. The van der Waals surface area contributed by atoms with Gasteiger partial charge in [-0.2, -0.15) is 0 Å². The van der Waals surface area contributed by atoms with Crippen LogP contribution < -0.4 is 10.5 Å². The quantitative estimate of drug-likeness (QED) is 0.755. The number of carbonyl (C=O) groups excluding carboxylic acids is 2. The van der Waals surface area contributed by atoms with Gasteiger partial charge in [0.05, 0.1) is 19.5 Å². The summed E-state index contributed by atoms with van der Waals surface area (Å²) in [5.74, 6) is 0.0182. The average molecular weight is 361 g/mol. The van der Waals surface area contributed by atoms with E-state index in [-0.39, 0.29) is 17.7 Å². The molecule has 0 saturated carbocycles. The Morgan fingerprint density at radius 3 is 2.70 bits per heavy atom. The van der Waals surface area contributed by atoms with Gasteiger partial charge in [-0.25, -0.2) is 0 Å². The second-order valence-electron chi connectivity index (χ2n) is 6.59. The van der Waals surface area contributed by atoms with E-state index in [0.717, 1.165) is 16.3 Å². The number of amides is 2. The molecule has 0 unspecified atom stereocenters. The largest absolute Gasteiger partial charge is 0.487 e. The Morgan fingerprint density at radius 2 is 1.89 bits per heavy atom. The van der Waals surface area contributed by atoms with Crippen LogP contribution in [0.5, 0.6) is 5.75 Å². The van der Waals surface area contributed by atoms with Gasteiger partial charge in [0.1, 0.15) is 17.5 Å². The molecule has 1 aliphatic heterocycles. The fourth-order valence-corrected chi connectivity index (χ4v) is 3.25. The van der Waals surface area contributed by atoms with Gasteiger partial charge in [-0.05, 0) is 22.4 Å². The van der Waals surface area contributed by atoms with Crippen LogP contribution >= 0.6 is 0 Å². The van der Waals surface area contributed by atoms with Crippen molar-refractivity contribution >= 4 is 22.6 Å². The Balaban J connectivity index is 1.36. The molecule has 1 fully saturated rings. The van der Waals surface area contributed by atoms with Crippen LogP contribution in [0.3, 0.4) is 0 Å². The van der Waals surface area contributed by atoms with Crippen molar-refractivity contribution in [3.05, 3.63) is 72.1 Å². The molecule has 27 heavy (non-hydrogen) atoms. The molecule has 2 amide bonds. The van der Waals surface area contributed by atoms with Crippen LogP contribution in [0, 0.1) is 0 Å². The summed E-state index contributed by atoms with van der Waals surface area (Å²) in [7, 11) is 0. The molecule has 2 aromatic carbocycles. The van der Waals surface area contributed by atoms with E-state index < -0.39 is 5.91 Å². The first-order valence-electron chi connectivity index (χ1n) is 8.77. The highest BCUT2D eigenvalue weighted by Gasteiger charge is 2.32. The van der Waals surface area contributed by atoms with Crippen molar-refractivity contribution in [3.8, 4) is 5.75 Å². The van der Waals surface area contributed by atoms with Gasteiger partial charge in [0.25, 0.3) is 5.91 Å². The first-order valence-corrected chi connectivity index (χ1v) is 8.77. The Labute approximate surface area is 156 Å². The van der Waals surface area contributed by atoms with E-state index in [1.807, 2.05) is 42.5 Å². The zero-order chi connectivity index (χ0) is 18.8. The number of pyridine rings is 1. The van der Waals surface area contributed by atoms with Crippen LogP contribution in [0.25, 0.3) is 10.8 Å². The van der Waals surface area contributed by atoms with Crippen LogP contribution in [0.4, 0.5) is 0 Å². The van der Waals surface area contributed by atoms with E-state index >= 15 is 0 Å². The first kappa shape index (κ1) is 17.0. The van der Waals surface area contributed by atoms with E-state index in [1.165, 1.54) is 12.3 Å². The number of benzene rings is 2. The second kappa shape index (κ2) is 7.07. The normalized spacial score (nSPS) is 14.0. The minimum atomic E-state index is -0.596. The highest BCUT2D eigenvalue weighted by Crippen LogP contribution is 2.22. The maximum Gasteiger partial charge on any atom is 0.267 e. The topological polar surface area (TPSA) is 85.5 Å². The van der Waals surface area contributed by atoms with E-state index in [0.29, 0.717) is 25.3 Å². The molecule has 6 nitrogen and oxygen atoms in total. The molecule has 0 aliphatic carbocycles. The van der Waals surface area contributed by atoms with Crippen molar-refractivity contribution in [2.75, 3.05) is 13.1 Å². The summed E-state index contributed by atoms with van der Waals surface area (Å²) in [5.41, 5.74) is 6.42. The van der Waals surface area contributed by atoms with Crippen molar-refractivity contribution in [2.24, 2.45) is 5.73 Å². The summed E-state index contributed by atoms with van der Waals surface area (Å²) in [5, 5.41) is 2.24. The number of fused-ring (bicyclic) bond motifs is 1. The van der Waals surface area contributed by atoms with Crippen LogP contribution in [-0.4, -0.2) is 40.9 Å². The molecule has 0 spiro atoms. The number of ether oxygens (including phenoxy) is 1. The van der Waals surface area contributed by atoms with Crippen molar-refractivity contribution in [1.29, 1.82) is 0 Å². The van der Waals surface area contributed by atoms with Gasteiger partial charge in [-0.3, -0.25) is 14.6 Å². The summed E-state index contributed by atoms with van der Waals surface area (Å²) in [6.45, 7) is 1.05. The van der Waals surface area contributed by atoms with Gasteiger partial charge in [-0.1, -0.05) is 42.5 Å². The molecule has 1 saturated heterocycles. The van der Waals surface area contributed by atoms with Crippen LogP contribution in [0.1, 0.15) is 16.1 Å². The lowest BCUT2D eigenvalue weighted by atomic mass is 10.0. The number of nitrogens with two attached hydrogens (primary N) is 1. The summed E-state index contributed by atoms with van der Waals surface area (Å²) < 4.78 is 5.80. The molecule has 0 bridgehead atoms. The minimum absolute atomic E-state index is 0.0822. The number of hydrogen-bond donors (Lipinski definition) is 1. The highest BCUT2D eigenvalue weighted by molar-refractivity contribution is 5.91. The predicted molar refractivity (Wildman–Crippen MR) is 101 cm³/mol. The van der Waals surface area contributed by atoms with E-state index in [9.17, 15) is 9.59 Å². The molecule has 6 heteroatoms. The van der Waals surface area contributed by atoms with Gasteiger partial charge in [-0.15, -0.1) is 0 Å². The third kappa shape index (κ3) is 3.60. The standard InChI is InChI=1S/C21H19N3O3/c22-21(26)19-11-16(8-9-23-19)27-17-12-24(13-17)20(25)10-15-6-3-5-14-4-1-2-7-18(14)15/h1-9,11,17H,10,12-13H2,(H2,22,26). The fraction of sp³-hybridized carbons (Fsp3) is 0.190. The fourth-order valence-electron chi connectivity index (χ4n) is 3.25. The molecule has 0 radical (unpaired) electrons. The Kier molecular flexibility index (Phi) is 4.46. The number of primary amides is 1. The number of hydrogen-bond acceptors (Lipinski definition) is 4. The van der Waals surface area contributed by atoms with Gasteiger partial charge < -0.3 is 15.4 Å². The lowest BCUT2D eigenvalue weighted by Gasteiger charge is -2.39. The van der Waals surface area contributed by atoms with Crippen molar-refractivity contribution in [1.82, 2.24) is 9.88 Å². The Hall–Kier alpha value is -3.41. The molecule has 2 heterocycles.